The Balaban J connectivity index is 2.39. The monoisotopic (exact) mass is 330 g/mol. The largest absolute Gasteiger partial charge is 0.480 e. The van der Waals surface area contributed by atoms with Gasteiger partial charge in [0.2, 0.25) is 0 Å². The molecule has 120 valence electrons. The fourth-order valence-corrected chi connectivity index (χ4v) is 3.25. The summed E-state index contributed by atoms with van der Waals surface area (Å²) in [6.45, 7) is 6.12. The Labute approximate surface area is 140 Å². The zero-order valence-electron chi connectivity index (χ0n) is 13.4. The molecule has 0 aromatic carbocycles. The molecule has 3 rings (SSSR count). The molecule has 0 bridgehead atoms. The van der Waals surface area contributed by atoms with E-state index in [2.05, 4.69) is 28.8 Å². The van der Waals surface area contributed by atoms with Gasteiger partial charge in [-0.05, 0) is 37.5 Å². The highest BCUT2D eigenvalue weighted by Crippen LogP contribution is 2.38. The van der Waals surface area contributed by atoms with Crippen molar-refractivity contribution in [1.82, 2.24) is 19.5 Å². The van der Waals surface area contributed by atoms with Crippen LogP contribution >= 0.6 is 11.6 Å². The number of halogens is 1. The van der Waals surface area contributed by atoms with Crippen LogP contribution in [-0.4, -0.2) is 24.6 Å². The maximum absolute atomic E-state index is 10.3. The fraction of sp³-hybridized carbons (Fsp3) is 0.353. The highest BCUT2D eigenvalue weighted by molar-refractivity contribution is 6.34. The van der Waals surface area contributed by atoms with Crippen molar-refractivity contribution in [2.24, 2.45) is 0 Å². The van der Waals surface area contributed by atoms with Gasteiger partial charge in [-0.15, -0.1) is 0 Å². The van der Waals surface area contributed by atoms with Crippen LogP contribution in [-0.2, 0) is 0 Å². The number of hydrogen-bond acceptors (Lipinski definition) is 4. The van der Waals surface area contributed by atoms with Gasteiger partial charge in [-0.1, -0.05) is 25.4 Å². The molecule has 0 fully saturated rings. The van der Waals surface area contributed by atoms with Crippen LogP contribution in [0.5, 0.6) is 6.01 Å². The van der Waals surface area contributed by atoms with Crippen molar-refractivity contribution < 1.29 is 5.11 Å². The second-order valence-corrected chi connectivity index (χ2v) is 6.00. The summed E-state index contributed by atoms with van der Waals surface area (Å²) in [5, 5.41) is 10.9. The Morgan fingerprint density at radius 3 is 2.65 bits per heavy atom. The minimum Gasteiger partial charge on any atom is -0.480 e. The molecule has 23 heavy (non-hydrogen) atoms. The highest BCUT2D eigenvalue weighted by Gasteiger charge is 2.22. The predicted molar refractivity (Wildman–Crippen MR) is 91.8 cm³/mol. The zero-order chi connectivity index (χ0) is 16.6. The molecule has 0 saturated carbocycles. The number of nitrogens with zero attached hydrogens (tertiary/aromatic N) is 4. The van der Waals surface area contributed by atoms with E-state index in [4.69, 9.17) is 11.6 Å². The molecule has 0 spiro atoms. The minimum absolute atomic E-state index is 0.0181. The van der Waals surface area contributed by atoms with Crippen LogP contribution in [0, 0.1) is 6.92 Å². The minimum atomic E-state index is -0.0181. The van der Waals surface area contributed by atoms with Crippen LogP contribution in [0.25, 0.3) is 22.3 Å². The van der Waals surface area contributed by atoms with Crippen molar-refractivity contribution in [1.29, 1.82) is 0 Å². The van der Waals surface area contributed by atoms with Crippen LogP contribution in [0.2, 0.25) is 5.02 Å². The van der Waals surface area contributed by atoms with E-state index in [1.165, 1.54) is 0 Å². The van der Waals surface area contributed by atoms with Gasteiger partial charge in [-0.3, -0.25) is 9.55 Å². The molecule has 0 radical (unpaired) electrons. The number of hydrogen-bond donors (Lipinski definition) is 1. The summed E-state index contributed by atoms with van der Waals surface area (Å²) in [6.07, 6.45) is 5.11. The third-order valence-electron chi connectivity index (χ3n) is 4.14. The van der Waals surface area contributed by atoms with Crippen molar-refractivity contribution in [3.63, 3.8) is 0 Å². The molecule has 3 aromatic rings. The van der Waals surface area contributed by atoms with E-state index in [1.54, 1.807) is 12.4 Å². The Bertz CT molecular complexity index is 855. The van der Waals surface area contributed by atoms with E-state index in [9.17, 15) is 5.11 Å². The number of aryl methyl sites for hydroxylation is 1. The second-order valence-electron chi connectivity index (χ2n) is 5.59. The van der Waals surface area contributed by atoms with Gasteiger partial charge in [0.1, 0.15) is 5.52 Å². The fourth-order valence-electron chi connectivity index (χ4n) is 3.00. The molecular formula is C17H19ClN4O. The van der Waals surface area contributed by atoms with Crippen LogP contribution < -0.4 is 0 Å². The first-order chi connectivity index (χ1) is 11.1. The first-order valence-corrected chi connectivity index (χ1v) is 8.13. The average Bonchev–Trinajstić information content (AvgIpc) is 2.85. The molecule has 3 aromatic heterocycles. The molecule has 6 heteroatoms. The van der Waals surface area contributed by atoms with E-state index in [-0.39, 0.29) is 12.1 Å². The average molecular weight is 331 g/mol. The smallest absolute Gasteiger partial charge is 0.296 e. The SMILES string of the molecule is CCC(CC)n1c(O)nc2ncc(Cl)c(-c3ccnc(C)c3)c21. The molecular weight excluding hydrogens is 312 g/mol. The van der Waals surface area contributed by atoms with Gasteiger partial charge in [0.05, 0.1) is 5.02 Å². The Morgan fingerprint density at radius 2 is 2.00 bits per heavy atom. The van der Waals surface area contributed by atoms with Crippen molar-refractivity contribution >= 4 is 22.8 Å². The van der Waals surface area contributed by atoms with Gasteiger partial charge >= 0.3 is 0 Å². The van der Waals surface area contributed by atoms with Crippen LogP contribution in [0.15, 0.2) is 24.5 Å². The van der Waals surface area contributed by atoms with Crippen molar-refractivity contribution in [2.45, 2.75) is 39.7 Å². The maximum Gasteiger partial charge on any atom is 0.296 e. The summed E-state index contributed by atoms with van der Waals surface area (Å²) in [6, 6.07) is 4.01. The van der Waals surface area contributed by atoms with E-state index in [1.807, 2.05) is 23.6 Å². The lowest BCUT2D eigenvalue weighted by Crippen LogP contribution is -2.07. The molecule has 0 aliphatic heterocycles. The second kappa shape index (κ2) is 6.16. The Kier molecular flexibility index (Phi) is 4.22. The number of aromatic nitrogens is 4. The predicted octanol–water partition coefficient (Wildman–Crippen LogP) is 4.52. The van der Waals surface area contributed by atoms with Gasteiger partial charge in [0.25, 0.3) is 6.01 Å². The van der Waals surface area contributed by atoms with Crippen LogP contribution in [0.3, 0.4) is 0 Å². The summed E-state index contributed by atoms with van der Waals surface area (Å²) in [5.41, 5.74) is 3.96. The third-order valence-corrected chi connectivity index (χ3v) is 4.43. The van der Waals surface area contributed by atoms with Gasteiger partial charge in [-0.25, -0.2) is 4.98 Å². The molecule has 0 unspecified atom stereocenters. The first-order valence-electron chi connectivity index (χ1n) is 7.75. The third kappa shape index (κ3) is 2.65. The topological polar surface area (TPSA) is 63.8 Å². The number of fused-ring (bicyclic) bond motifs is 1. The van der Waals surface area contributed by atoms with Crippen molar-refractivity contribution in [2.75, 3.05) is 0 Å². The van der Waals surface area contributed by atoms with E-state index in [0.29, 0.717) is 10.7 Å². The maximum atomic E-state index is 10.3. The molecule has 0 amide bonds. The first kappa shape index (κ1) is 15.7. The summed E-state index contributed by atoms with van der Waals surface area (Å²) >= 11 is 6.46. The Hall–Kier alpha value is -2.14. The summed E-state index contributed by atoms with van der Waals surface area (Å²) in [7, 11) is 0. The number of imidazole rings is 1. The van der Waals surface area contributed by atoms with Gasteiger partial charge in [0.15, 0.2) is 5.65 Å². The summed E-state index contributed by atoms with van der Waals surface area (Å²) in [4.78, 5) is 12.7. The standard InChI is InChI=1S/C17H19ClN4O/c1-4-12(5-2)22-15-14(11-6-7-19-10(3)8-11)13(18)9-20-16(15)21-17(22)23/h6-9,12H,4-5H2,1-3H3,(H,20,21,23). The lowest BCUT2D eigenvalue weighted by Gasteiger charge is -2.18. The summed E-state index contributed by atoms with van der Waals surface area (Å²) < 4.78 is 1.85. The summed E-state index contributed by atoms with van der Waals surface area (Å²) in [5.74, 6) is 0. The zero-order valence-corrected chi connectivity index (χ0v) is 14.2. The molecule has 0 saturated heterocycles. The number of rotatable bonds is 4. The normalized spacial score (nSPS) is 11.5. The van der Waals surface area contributed by atoms with Crippen LogP contribution in [0.4, 0.5) is 0 Å². The van der Waals surface area contributed by atoms with Gasteiger partial charge < -0.3 is 5.11 Å². The molecule has 1 N–H and O–H groups in total. The lowest BCUT2D eigenvalue weighted by molar-refractivity contribution is 0.362. The van der Waals surface area contributed by atoms with Crippen molar-refractivity contribution in [3.05, 3.63) is 35.2 Å². The molecule has 0 aliphatic carbocycles. The van der Waals surface area contributed by atoms with Gasteiger partial charge in [0, 0.05) is 29.7 Å². The highest BCUT2D eigenvalue weighted by atomic mass is 35.5. The van der Waals surface area contributed by atoms with Crippen molar-refractivity contribution in [3.8, 4) is 17.1 Å². The van der Waals surface area contributed by atoms with E-state index in [0.717, 1.165) is 35.2 Å². The van der Waals surface area contributed by atoms with E-state index < -0.39 is 0 Å². The molecule has 0 atom stereocenters. The lowest BCUT2D eigenvalue weighted by atomic mass is 10.1. The number of pyridine rings is 2. The molecule has 5 nitrogen and oxygen atoms in total. The van der Waals surface area contributed by atoms with Crippen LogP contribution in [0.1, 0.15) is 38.4 Å². The van der Waals surface area contributed by atoms with E-state index >= 15 is 0 Å². The van der Waals surface area contributed by atoms with Gasteiger partial charge in [-0.2, -0.15) is 4.98 Å². The molecule has 3 heterocycles. The number of aromatic hydroxyl groups is 1. The molecule has 0 aliphatic rings. The Morgan fingerprint density at radius 1 is 1.26 bits per heavy atom. The quantitative estimate of drug-likeness (QED) is 0.763.